The molecule has 0 radical (unpaired) electrons. The molecule has 3 aromatic rings. The summed E-state index contributed by atoms with van der Waals surface area (Å²) in [6.45, 7) is 0.631. The van der Waals surface area contributed by atoms with Gasteiger partial charge in [0, 0.05) is 29.4 Å². The third-order valence-electron chi connectivity index (χ3n) is 6.59. The molecule has 1 aromatic heterocycles. The van der Waals surface area contributed by atoms with Crippen LogP contribution in [0.1, 0.15) is 28.9 Å². The molecule has 0 saturated carbocycles. The smallest absolute Gasteiger partial charge is 0.268 e. The van der Waals surface area contributed by atoms with Gasteiger partial charge in [0.05, 0.1) is 24.9 Å². The van der Waals surface area contributed by atoms with Crippen molar-refractivity contribution in [3.8, 4) is 5.75 Å². The van der Waals surface area contributed by atoms with E-state index >= 15 is 0 Å². The Morgan fingerprint density at radius 1 is 1.13 bits per heavy atom. The highest BCUT2D eigenvalue weighted by atomic mass is 16.5. The zero-order valence-corrected chi connectivity index (χ0v) is 20.9. The van der Waals surface area contributed by atoms with Gasteiger partial charge in [-0.2, -0.15) is 0 Å². The summed E-state index contributed by atoms with van der Waals surface area (Å²) in [5, 5.41) is 9.78. The van der Waals surface area contributed by atoms with E-state index < -0.39 is 18.0 Å². The molecule has 9 heteroatoms. The Kier molecular flexibility index (Phi) is 8.60. The van der Waals surface area contributed by atoms with Crippen molar-refractivity contribution in [2.24, 2.45) is 5.92 Å². The van der Waals surface area contributed by atoms with Crippen molar-refractivity contribution < 1.29 is 23.9 Å². The van der Waals surface area contributed by atoms with Crippen molar-refractivity contribution in [2.75, 3.05) is 13.7 Å². The molecule has 4 rings (SSSR count). The number of carbonyl (C=O) groups excluding carboxylic acids is 4. The van der Waals surface area contributed by atoms with Crippen molar-refractivity contribution in [3.05, 3.63) is 83.3 Å². The quantitative estimate of drug-likeness (QED) is 0.290. The number of amides is 1. The number of aromatic amines is 1. The predicted octanol–water partition coefficient (Wildman–Crippen LogP) is 2.29. The summed E-state index contributed by atoms with van der Waals surface area (Å²) in [6.07, 6.45) is 2.64. The first-order valence-electron chi connectivity index (χ1n) is 12.3. The zero-order valence-electron chi connectivity index (χ0n) is 20.9. The number of hydrogen-bond donors (Lipinski definition) is 4. The van der Waals surface area contributed by atoms with E-state index in [4.69, 9.17) is 4.74 Å². The summed E-state index contributed by atoms with van der Waals surface area (Å²) in [6, 6.07) is 15.2. The Labute approximate surface area is 219 Å². The fraction of sp³-hybridized carbons (Fsp3) is 0.276. The van der Waals surface area contributed by atoms with E-state index in [0.717, 1.165) is 16.5 Å². The van der Waals surface area contributed by atoms with Gasteiger partial charge in [-0.25, -0.2) is 14.4 Å². The lowest BCUT2D eigenvalue weighted by Crippen LogP contribution is -2.45. The summed E-state index contributed by atoms with van der Waals surface area (Å²) < 4.78 is 5.26. The molecule has 1 fully saturated rings. The standard InChI is InChI=1S/C29H28N4O5/c1-38-23-7-8-24-21(15-23)16-26(32-24)29(37)33-25(13-19-5-3-2-4-6-19)28(18-36)31-22(10-12-34)14-20-9-11-30-27(20)17-35/h2-8,10,15-16,20,22,25,30-32H,9,11,13-14H2,1H3,(H,33,37)/t20-,22?,25?/m0/s1. The summed E-state index contributed by atoms with van der Waals surface area (Å²) in [5.41, 5.74) is 2.50. The molecule has 38 heavy (non-hydrogen) atoms. The minimum absolute atomic E-state index is 0.0825. The number of ether oxygens (including phenoxy) is 1. The second kappa shape index (κ2) is 12.4. The fourth-order valence-corrected chi connectivity index (χ4v) is 4.65. The van der Waals surface area contributed by atoms with Gasteiger partial charge in [0.25, 0.3) is 5.91 Å². The minimum Gasteiger partial charge on any atom is -0.497 e. The van der Waals surface area contributed by atoms with Gasteiger partial charge >= 0.3 is 0 Å². The molecule has 2 heterocycles. The van der Waals surface area contributed by atoms with Crippen LogP contribution < -0.4 is 20.7 Å². The maximum absolute atomic E-state index is 13.3. The second-order valence-electron chi connectivity index (χ2n) is 9.07. The van der Waals surface area contributed by atoms with Crippen LogP contribution >= 0.6 is 0 Å². The van der Waals surface area contributed by atoms with Crippen molar-refractivity contribution in [2.45, 2.75) is 31.3 Å². The van der Waals surface area contributed by atoms with Gasteiger partial charge in [0.1, 0.15) is 35.0 Å². The molecular weight excluding hydrogens is 484 g/mol. The van der Waals surface area contributed by atoms with Crippen LogP contribution in [0.3, 0.4) is 0 Å². The highest BCUT2D eigenvalue weighted by Crippen LogP contribution is 2.24. The van der Waals surface area contributed by atoms with Crippen LogP contribution in [0.4, 0.5) is 0 Å². The number of carbonyl (C=O) groups is 1. The van der Waals surface area contributed by atoms with E-state index in [1.165, 1.54) is 6.08 Å². The molecule has 3 atom stereocenters. The molecule has 194 valence electrons. The second-order valence-corrected chi connectivity index (χ2v) is 9.07. The number of allylic oxidation sites excluding steroid dienone is 1. The number of aromatic nitrogens is 1. The van der Waals surface area contributed by atoms with Gasteiger partial charge in [0.2, 0.25) is 0 Å². The van der Waals surface area contributed by atoms with E-state index in [-0.39, 0.29) is 11.6 Å². The molecule has 1 amide bonds. The summed E-state index contributed by atoms with van der Waals surface area (Å²) in [4.78, 5) is 51.1. The average molecular weight is 513 g/mol. The van der Waals surface area contributed by atoms with E-state index in [1.54, 1.807) is 25.2 Å². The van der Waals surface area contributed by atoms with E-state index in [1.807, 2.05) is 54.3 Å². The fourth-order valence-electron chi connectivity index (χ4n) is 4.65. The molecule has 0 bridgehead atoms. The van der Waals surface area contributed by atoms with Crippen molar-refractivity contribution in [3.63, 3.8) is 0 Å². The first-order valence-corrected chi connectivity index (χ1v) is 12.3. The first-order chi connectivity index (χ1) is 18.5. The number of rotatable bonds is 11. The van der Waals surface area contributed by atoms with Crippen molar-refractivity contribution >= 4 is 34.6 Å². The van der Waals surface area contributed by atoms with Crippen LogP contribution in [0.5, 0.6) is 5.75 Å². The van der Waals surface area contributed by atoms with Gasteiger partial charge in [-0.1, -0.05) is 30.3 Å². The largest absolute Gasteiger partial charge is 0.497 e. The molecular formula is C29H28N4O5. The Bertz CT molecular complexity index is 1440. The Balaban J connectivity index is 1.58. The SMILES string of the molecule is COc1ccc2[nH]c(C(=O)NC(Cc3ccccc3)C(=C=O)NC(C=C=O)C[C@@H]3CCNC3=C=O)cc2c1. The Morgan fingerprint density at radius 3 is 2.66 bits per heavy atom. The number of hydrogen-bond acceptors (Lipinski definition) is 7. The third kappa shape index (κ3) is 6.30. The summed E-state index contributed by atoms with van der Waals surface area (Å²) in [5.74, 6) is 5.71. The van der Waals surface area contributed by atoms with Gasteiger partial charge in [0.15, 0.2) is 0 Å². The van der Waals surface area contributed by atoms with Gasteiger partial charge < -0.3 is 25.7 Å². The third-order valence-corrected chi connectivity index (χ3v) is 6.59. The monoisotopic (exact) mass is 512 g/mol. The average Bonchev–Trinajstić information content (AvgIpc) is 3.58. The van der Waals surface area contributed by atoms with Gasteiger partial charge in [-0.05, 0) is 49.1 Å². The minimum atomic E-state index is -0.770. The molecule has 2 aromatic carbocycles. The van der Waals surface area contributed by atoms with Crippen LogP contribution in [0.25, 0.3) is 10.9 Å². The molecule has 4 N–H and O–H groups in total. The molecule has 1 saturated heterocycles. The van der Waals surface area contributed by atoms with Crippen molar-refractivity contribution in [1.29, 1.82) is 0 Å². The normalized spacial score (nSPS) is 15.8. The highest BCUT2D eigenvalue weighted by molar-refractivity contribution is 5.98. The molecule has 1 aliphatic heterocycles. The Hall–Kier alpha value is -4.80. The lowest BCUT2D eigenvalue weighted by molar-refractivity contribution is 0.0937. The van der Waals surface area contributed by atoms with E-state index in [2.05, 4.69) is 20.9 Å². The number of fused-ring (bicyclic) bond motifs is 1. The number of H-pyrrole nitrogens is 1. The summed E-state index contributed by atoms with van der Waals surface area (Å²) in [7, 11) is 1.57. The van der Waals surface area contributed by atoms with Crippen LogP contribution in [0, 0.1) is 5.92 Å². The van der Waals surface area contributed by atoms with Crippen LogP contribution in [0.15, 0.2) is 72.1 Å². The number of benzene rings is 2. The number of methoxy groups -OCH3 is 1. The summed E-state index contributed by atoms with van der Waals surface area (Å²) >= 11 is 0. The Morgan fingerprint density at radius 2 is 1.95 bits per heavy atom. The highest BCUT2D eigenvalue weighted by Gasteiger charge is 2.27. The molecule has 2 unspecified atom stereocenters. The first kappa shape index (κ1) is 26.3. The van der Waals surface area contributed by atoms with Crippen LogP contribution in [0.2, 0.25) is 0 Å². The van der Waals surface area contributed by atoms with Crippen LogP contribution in [-0.4, -0.2) is 54.5 Å². The van der Waals surface area contributed by atoms with E-state index in [0.29, 0.717) is 42.9 Å². The topological polar surface area (TPSA) is 129 Å². The van der Waals surface area contributed by atoms with Gasteiger partial charge in [-0.15, -0.1) is 0 Å². The van der Waals surface area contributed by atoms with E-state index in [9.17, 15) is 19.2 Å². The number of nitrogens with one attached hydrogen (secondary N) is 4. The van der Waals surface area contributed by atoms with Gasteiger partial charge in [-0.3, -0.25) is 4.79 Å². The van der Waals surface area contributed by atoms with Crippen LogP contribution in [-0.2, 0) is 20.8 Å². The zero-order chi connectivity index (χ0) is 26.9. The maximum Gasteiger partial charge on any atom is 0.268 e. The molecule has 0 spiro atoms. The molecule has 0 aliphatic carbocycles. The maximum atomic E-state index is 13.3. The molecule has 9 nitrogen and oxygen atoms in total. The lowest BCUT2D eigenvalue weighted by Gasteiger charge is -2.25. The molecule has 1 aliphatic rings. The predicted molar refractivity (Wildman–Crippen MR) is 143 cm³/mol. The van der Waals surface area contributed by atoms with Crippen molar-refractivity contribution in [1.82, 2.24) is 20.9 Å². The lowest BCUT2D eigenvalue weighted by atomic mass is 9.95.